The van der Waals surface area contributed by atoms with Crippen molar-refractivity contribution in [2.75, 3.05) is 6.54 Å². The molecule has 1 heterocycles. The van der Waals surface area contributed by atoms with Crippen molar-refractivity contribution in [1.82, 2.24) is 10.3 Å². The van der Waals surface area contributed by atoms with E-state index in [9.17, 15) is 10.1 Å². The van der Waals surface area contributed by atoms with Crippen molar-refractivity contribution in [2.45, 2.75) is 19.4 Å². The molecule has 0 aliphatic heterocycles. The maximum Gasteiger partial charge on any atom is 0.261 e. The summed E-state index contributed by atoms with van der Waals surface area (Å²) >= 11 is 5.88. The Morgan fingerprint density at radius 1 is 1.16 bits per heavy atom. The van der Waals surface area contributed by atoms with Gasteiger partial charge < -0.3 is 15.0 Å². The second kappa shape index (κ2) is 12.7. The number of carbonyl (C=O) groups is 1. The predicted octanol–water partition coefficient (Wildman–Crippen LogP) is 7.11. The van der Waals surface area contributed by atoms with Crippen molar-refractivity contribution in [3.63, 3.8) is 0 Å². The number of fused-ring (bicyclic) bond motifs is 1. The molecule has 0 aliphatic rings. The third kappa shape index (κ3) is 6.90. The fourth-order valence-electron chi connectivity index (χ4n) is 4.02. The lowest BCUT2D eigenvalue weighted by atomic mass is 10.0. The van der Waals surface area contributed by atoms with Crippen LogP contribution in [-0.4, -0.2) is 17.4 Å². The van der Waals surface area contributed by atoms with Crippen LogP contribution in [0.15, 0.2) is 89.6 Å². The number of carbonyl (C=O) groups excluding carboxylic acids is 1. The van der Waals surface area contributed by atoms with E-state index in [1.807, 2.05) is 66.9 Å². The monoisotopic (exact) mass is 665 g/mol. The number of hydrogen-bond donors (Lipinski definition) is 2. The smallest absolute Gasteiger partial charge is 0.261 e. The summed E-state index contributed by atoms with van der Waals surface area (Å²) in [5.74, 6) is 0.319. The topological polar surface area (TPSA) is 77.9 Å². The summed E-state index contributed by atoms with van der Waals surface area (Å²) in [6.45, 7) is 4.71. The fourth-order valence-corrected chi connectivity index (χ4v) is 5.01. The molecule has 0 saturated carbocycles. The molecular formula is C30H25BrIN3O2. The molecule has 0 unspecified atom stereocenters. The Kier molecular flexibility index (Phi) is 9.20. The zero-order chi connectivity index (χ0) is 26.2. The summed E-state index contributed by atoms with van der Waals surface area (Å²) in [5.41, 5.74) is 4.94. The Balaban J connectivity index is 1.46. The number of aromatic amines is 1. The number of amides is 1. The van der Waals surface area contributed by atoms with Crippen molar-refractivity contribution in [1.29, 1.82) is 5.26 Å². The van der Waals surface area contributed by atoms with Crippen molar-refractivity contribution >= 4 is 61.4 Å². The highest BCUT2D eigenvalue weighted by Crippen LogP contribution is 2.33. The summed E-state index contributed by atoms with van der Waals surface area (Å²) in [7, 11) is 0. The van der Waals surface area contributed by atoms with E-state index in [4.69, 9.17) is 4.74 Å². The van der Waals surface area contributed by atoms with Gasteiger partial charge in [0.15, 0.2) is 0 Å². The van der Waals surface area contributed by atoms with E-state index in [-0.39, 0.29) is 5.57 Å². The molecule has 3 aromatic carbocycles. The minimum Gasteiger partial charge on any atom is -0.487 e. The van der Waals surface area contributed by atoms with E-state index in [2.05, 4.69) is 61.5 Å². The molecule has 0 atom stereocenters. The van der Waals surface area contributed by atoms with Gasteiger partial charge in [-0.05, 0) is 110 Å². The van der Waals surface area contributed by atoms with Gasteiger partial charge in [-0.15, -0.1) is 6.58 Å². The van der Waals surface area contributed by atoms with Gasteiger partial charge in [-0.25, -0.2) is 0 Å². The van der Waals surface area contributed by atoms with Gasteiger partial charge in [0.1, 0.15) is 24.0 Å². The fraction of sp³-hybridized carbons (Fsp3) is 0.133. The lowest BCUT2D eigenvalue weighted by Gasteiger charge is -2.14. The number of hydrogen-bond acceptors (Lipinski definition) is 3. The van der Waals surface area contributed by atoms with Gasteiger partial charge in [-0.2, -0.15) is 5.26 Å². The third-order valence-electron chi connectivity index (χ3n) is 5.83. The summed E-state index contributed by atoms with van der Waals surface area (Å²) in [4.78, 5) is 16.0. The number of nitriles is 1. The maximum absolute atomic E-state index is 12.8. The van der Waals surface area contributed by atoms with E-state index in [1.165, 1.54) is 3.57 Å². The molecule has 7 heteroatoms. The van der Waals surface area contributed by atoms with Gasteiger partial charge in [0.05, 0.1) is 4.47 Å². The molecule has 0 aliphatic carbocycles. The molecule has 0 bridgehead atoms. The number of nitrogens with one attached hydrogen (secondary N) is 2. The summed E-state index contributed by atoms with van der Waals surface area (Å²) < 4.78 is 8.05. The van der Waals surface area contributed by atoms with Crippen molar-refractivity contribution in [3.05, 3.63) is 115 Å². The van der Waals surface area contributed by atoms with E-state index in [0.717, 1.165) is 43.4 Å². The molecular weight excluding hydrogens is 641 g/mol. The molecule has 37 heavy (non-hydrogen) atoms. The number of ether oxygens (including phenoxy) is 1. The van der Waals surface area contributed by atoms with Crippen LogP contribution in [0.4, 0.5) is 0 Å². The molecule has 2 N–H and O–H groups in total. The number of para-hydroxylation sites is 1. The first-order valence-corrected chi connectivity index (χ1v) is 13.6. The zero-order valence-electron chi connectivity index (χ0n) is 20.1. The van der Waals surface area contributed by atoms with Gasteiger partial charge in [-0.1, -0.05) is 36.4 Å². The average Bonchev–Trinajstić information content (AvgIpc) is 3.31. The summed E-state index contributed by atoms with van der Waals surface area (Å²) in [6.07, 6.45) is 6.60. The molecule has 0 fully saturated rings. The summed E-state index contributed by atoms with van der Waals surface area (Å²) in [5, 5.41) is 13.7. The van der Waals surface area contributed by atoms with Crippen LogP contribution in [0.5, 0.6) is 5.75 Å². The van der Waals surface area contributed by atoms with Crippen molar-refractivity contribution in [2.24, 2.45) is 0 Å². The van der Waals surface area contributed by atoms with Gasteiger partial charge in [0.25, 0.3) is 5.91 Å². The van der Waals surface area contributed by atoms with Crippen LogP contribution < -0.4 is 10.1 Å². The Morgan fingerprint density at radius 2 is 1.95 bits per heavy atom. The highest BCUT2D eigenvalue weighted by Gasteiger charge is 2.13. The first-order chi connectivity index (χ1) is 18.0. The Bertz CT molecular complexity index is 1500. The van der Waals surface area contributed by atoms with Gasteiger partial charge >= 0.3 is 0 Å². The number of aromatic nitrogens is 1. The lowest BCUT2D eigenvalue weighted by molar-refractivity contribution is -0.117. The van der Waals surface area contributed by atoms with E-state index in [0.29, 0.717) is 26.0 Å². The quantitative estimate of drug-likeness (QED) is 0.0821. The molecule has 0 radical (unpaired) electrons. The Labute approximate surface area is 238 Å². The average molecular weight is 666 g/mol. The molecule has 4 aromatic rings. The van der Waals surface area contributed by atoms with Crippen molar-refractivity contribution in [3.8, 4) is 11.8 Å². The molecule has 4 rings (SSSR count). The molecule has 1 aromatic heterocycles. The van der Waals surface area contributed by atoms with Crippen LogP contribution in [0.1, 0.15) is 22.3 Å². The van der Waals surface area contributed by atoms with Crippen LogP contribution in [0.3, 0.4) is 0 Å². The minimum absolute atomic E-state index is 0.0444. The van der Waals surface area contributed by atoms with E-state index >= 15 is 0 Å². The predicted molar refractivity (Wildman–Crippen MR) is 160 cm³/mol. The molecule has 0 saturated heterocycles. The normalized spacial score (nSPS) is 11.2. The van der Waals surface area contributed by atoms with Crippen LogP contribution in [0.2, 0.25) is 0 Å². The van der Waals surface area contributed by atoms with Crippen LogP contribution >= 0.6 is 38.5 Å². The van der Waals surface area contributed by atoms with E-state index in [1.54, 1.807) is 12.2 Å². The second-order valence-electron chi connectivity index (χ2n) is 8.43. The number of benzene rings is 3. The van der Waals surface area contributed by atoms with Crippen LogP contribution in [0.25, 0.3) is 17.0 Å². The Hall–Kier alpha value is -3.35. The van der Waals surface area contributed by atoms with Crippen LogP contribution in [0, 0.1) is 14.9 Å². The summed E-state index contributed by atoms with van der Waals surface area (Å²) in [6, 6.07) is 22.0. The van der Waals surface area contributed by atoms with Crippen molar-refractivity contribution < 1.29 is 9.53 Å². The second-order valence-corrected chi connectivity index (χ2v) is 10.5. The standard InChI is InChI=1S/C30H25BrIN3O2/c1-2-5-22-14-21(16-27(31)29(22)37-19-20-8-10-25(32)11-9-20)15-24(17-33)30(36)34-13-12-23-18-35-28-7-4-3-6-26(23)28/h2-4,6-11,14-16,18,35H,1,5,12-13,19H2,(H,34,36)/b24-15-. The highest BCUT2D eigenvalue weighted by molar-refractivity contribution is 14.1. The first-order valence-electron chi connectivity index (χ1n) is 11.7. The Morgan fingerprint density at radius 3 is 2.70 bits per heavy atom. The lowest BCUT2D eigenvalue weighted by Crippen LogP contribution is -2.26. The number of nitrogens with zero attached hydrogens (tertiary/aromatic N) is 1. The minimum atomic E-state index is -0.400. The van der Waals surface area contributed by atoms with Gasteiger partial charge in [0, 0.05) is 27.2 Å². The largest absolute Gasteiger partial charge is 0.487 e. The molecule has 1 amide bonds. The number of halogens is 2. The maximum atomic E-state index is 12.8. The number of allylic oxidation sites excluding steroid dienone is 1. The first kappa shape index (κ1) is 26.7. The van der Waals surface area contributed by atoms with Crippen LogP contribution in [-0.2, 0) is 24.2 Å². The zero-order valence-corrected chi connectivity index (χ0v) is 23.8. The third-order valence-corrected chi connectivity index (χ3v) is 7.14. The molecule has 0 spiro atoms. The molecule has 186 valence electrons. The number of H-pyrrole nitrogens is 1. The van der Waals surface area contributed by atoms with Gasteiger partial charge in [-0.3, -0.25) is 4.79 Å². The molecule has 5 nitrogen and oxygen atoms in total. The SMILES string of the molecule is C=CCc1cc(/C=C(/C#N)C(=O)NCCc2c[nH]c3ccccc23)cc(Br)c1OCc1ccc(I)cc1. The number of rotatable bonds is 10. The highest BCUT2D eigenvalue weighted by atomic mass is 127. The van der Waals surface area contributed by atoms with E-state index < -0.39 is 5.91 Å². The van der Waals surface area contributed by atoms with Gasteiger partial charge in [0.2, 0.25) is 0 Å².